The quantitative estimate of drug-likeness (QED) is 0.179. The highest BCUT2D eigenvalue weighted by molar-refractivity contribution is 7.99. The molecule has 2 heterocycles. The van der Waals surface area contributed by atoms with Gasteiger partial charge in [-0.2, -0.15) is 0 Å². The van der Waals surface area contributed by atoms with Crippen LogP contribution in [0.15, 0.2) is 77.1 Å². The zero-order valence-corrected chi connectivity index (χ0v) is 20.7. The second kappa shape index (κ2) is 12.3. The molecule has 0 unspecified atom stereocenters. The third-order valence-electron chi connectivity index (χ3n) is 4.96. The Morgan fingerprint density at radius 2 is 1.91 bits per heavy atom. The first-order valence-electron chi connectivity index (χ1n) is 11.0. The number of thioether (sulfide) groups is 1. The summed E-state index contributed by atoms with van der Waals surface area (Å²) in [6.07, 6.45) is 3.76. The first-order valence-corrected chi connectivity index (χ1v) is 12.8. The van der Waals surface area contributed by atoms with E-state index in [2.05, 4.69) is 27.4 Å². The van der Waals surface area contributed by atoms with Crippen LogP contribution in [0.4, 0.5) is 15.3 Å². The van der Waals surface area contributed by atoms with Crippen molar-refractivity contribution in [2.24, 2.45) is 0 Å². The number of nitrogens with zero attached hydrogens (tertiary/aromatic N) is 2. The summed E-state index contributed by atoms with van der Waals surface area (Å²) in [5, 5.41) is 5.98. The van der Waals surface area contributed by atoms with Gasteiger partial charge in [0.2, 0.25) is 0 Å². The number of rotatable bonds is 11. The van der Waals surface area contributed by atoms with Gasteiger partial charge in [0, 0.05) is 22.2 Å². The molecule has 0 atom stereocenters. The molecule has 9 heteroatoms. The number of anilines is 2. The van der Waals surface area contributed by atoms with Crippen LogP contribution in [0.3, 0.4) is 0 Å². The predicted molar refractivity (Wildman–Crippen MR) is 137 cm³/mol. The summed E-state index contributed by atoms with van der Waals surface area (Å²) in [6, 6.07) is 17.9. The monoisotopic (exact) mass is 509 g/mol. The summed E-state index contributed by atoms with van der Waals surface area (Å²) in [5.74, 6) is 1.39. The van der Waals surface area contributed by atoms with Gasteiger partial charge in [0.1, 0.15) is 11.6 Å². The van der Waals surface area contributed by atoms with Crippen LogP contribution < -0.4 is 10.1 Å². The molecular weight excluding hydrogens is 485 g/mol. The number of hydrogen-bond acceptors (Lipinski definition) is 8. The summed E-state index contributed by atoms with van der Waals surface area (Å²) in [7, 11) is 1.37. The molecule has 0 aliphatic rings. The topological polar surface area (TPSA) is 73.3 Å². The number of thiazole rings is 1. The van der Waals surface area contributed by atoms with E-state index in [1.54, 1.807) is 18.3 Å². The number of ether oxygens (including phenoxy) is 2. The number of aryl methyl sites for hydroxylation is 2. The summed E-state index contributed by atoms with van der Waals surface area (Å²) >= 11 is 2.97. The van der Waals surface area contributed by atoms with Crippen molar-refractivity contribution < 1.29 is 18.7 Å². The molecule has 0 aliphatic carbocycles. The first-order chi connectivity index (χ1) is 17.1. The van der Waals surface area contributed by atoms with Crippen LogP contribution in [0, 0.1) is 5.82 Å². The van der Waals surface area contributed by atoms with Gasteiger partial charge in [-0.05, 0) is 48.7 Å². The Labute approximate surface area is 211 Å². The van der Waals surface area contributed by atoms with E-state index in [0.29, 0.717) is 34.6 Å². The van der Waals surface area contributed by atoms with E-state index in [1.807, 2.05) is 29.6 Å². The number of hydrogen-bond donors (Lipinski definition) is 1. The summed E-state index contributed by atoms with van der Waals surface area (Å²) in [6.45, 7) is 0. The Bertz CT molecular complexity index is 1250. The second-order valence-electron chi connectivity index (χ2n) is 7.50. The fraction of sp³-hybridized carbons (Fsp3) is 0.192. The Balaban J connectivity index is 1.47. The van der Waals surface area contributed by atoms with Crippen LogP contribution in [0.1, 0.15) is 17.7 Å². The maximum absolute atomic E-state index is 13.3. The van der Waals surface area contributed by atoms with E-state index >= 15 is 0 Å². The highest BCUT2D eigenvalue weighted by Crippen LogP contribution is 2.34. The number of methoxy groups -OCH3 is 1. The van der Waals surface area contributed by atoms with Crippen LogP contribution in [-0.4, -0.2) is 28.8 Å². The highest BCUT2D eigenvalue weighted by Gasteiger charge is 2.13. The van der Waals surface area contributed by atoms with Crippen molar-refractivity contribution in [3.63, 3.8) is 0 Å². The lowest BCUT2D eigenvalue weighted by atomic mass is 10.1. The van der Waals surface area contributed by atoms with Gasteiger partial charge < -0.3 is 14.8 Å². The summed E-state index contributed by atoms with van der Waals surface area (Å²) in [5.41, 5.74) is 2.27. The zero-order valence-electron chi connectivity index (χ0n) is 19.1. The van der Waals surface area contributed by atoms with E-state index in [0.717, 1.165) is 23.4 Å². The molecule has 180 valence electrons. The summed E-state index contributed by atoms with van der Waals surface area (Å²) < 4.78 is 24.0. The van der Waals surface area contributed by atoms with Crippen molar-refractivity contribution in [3.8, 4) is 11.5 Å². The number of benzene rings is 2. The Kier molecular flexibility index (Phi) is 8.69. The Morgan fingerprint density at radius 3 is 2.69 bits per heavy atom. The van der Waals surface area contributed by atoms with Crippen molar-refractivity contribution in [3.05, 3.63) is 89.3 Å². The van der Waals surface area contributed by atoms with E-state index in [-0.39, 0.29) is 11.8 Å². The molecule has 4 aromatic rings. The van der Waals surface area contributed by atoms with E-state index in [9.17, 15) is 9.18 Å². The normalized spacial score (nSPS) is 10.7. The van der Waals surface area contributed by atoms with E-state index in [1.165, 1.54) is 47.9 Å². The number of pyridine rings is 1. The first kappa shape index (κ1) is 24.7. The lowest BCUT2D eigenvalue weighted by molar-refractivity contribution is -0.140. The number of esters is 1. The molecule has 0 aliphatic heterocycles. The average Bonchev–Trinajstić information content (AvgIpc) is 3.33. The van der Waals surface area contributed by atoms with Crippen LogP contribution in [0.5, 0.6) is 11.5 Å². The molecule has 0 amide bonds. The Hall–Kier alpha value is -3.43. The van der Waals surface area contributed by atoms with Gasteiger partial charge >= 0.3 is 5.97 Å². The summed E-state index contributed by atoms with van der Waals surface area (Å²) in [4.78, 5) is 21.4. The lowest BCUT2D eigenvalue weighted by Gasteiger charge is -2.12. The van der Waals surface area contributed by atoms with Gasteiger partial charge in [-0.3, -0.25) is 4.79 Å². The molecule has 0 fully saturated rings. The minimum atomic E-state index is -0.341. The standard InChI is InChI=1S/C26H24FN3O3S2/c1-32-24(31)13-14-34-22-15-23(33-21-11-8-19(27)9-12-21)25(28-16-22)30-26-29-20(17-35-26)10-7-18-5-3-2-4-6-18/h2-6,8-9,11-12,15-17H,7,10,13-14H2,1H3,(H,28,29,30). The molecule has 35 heavy (non-hydrogen) atoms. The molecule has 0 spiro atoms. The smallest absolute Gasteiger partial charge is 0.306 e. The van der Waals surface area contributed by atoms with Gasteiger partial charge in [-0.25, -0.2) is 14.4 Å². The maximum Gasteiger partial charge on any atom is 0.306 e. The molecular formula is C26H24FN3O3S2. The van der Waals surface area contributed by atoms with Crippen molar-refractivity contribution >= 4 is 40.0 Å². The number of carbonyl (C=O) groups excluding carboxylic acids is 1. The van der Waals surface area contributed by atoms with Crippen molar-refractivity contribution in [2.45, 2.75) is 24.2 Å². The van der Waals surface area contributed by atoms with Crippen molar-refractivity contribution in [2.75, 3.05) is 18.2 Å². The lowest BCUT2D eigenvalue weighted by Crippen LogP contribution is -2.01. The third kappa shape index (κ3) is 7.53. The maximum atomic E-state index is 13.3. The molecule has 6 nitrogen and oxygen atoms in total. The number of nitrogens with one attached hydrogen (secondary N) is 1. The van der Waals surface area contributed by atoms with E-state index in [4.69, 9.17) is 9.47 Å². The van der Waals surface area contributed by atoms with Crippen LogP contribution in [0.2, 0.25) is 0 Å². The Morgan fingerprint density at radius 1 is 1.11 bits per heavy atom. The van der Waals surface area contributed by atoms with Crippen LogP contribution >= 0.6 is 23.1 Å². The molecule has 0 saturated carbocycles. The fourth-order valence-electron chi connectivity index (χ4n) is 3.16. The number of halogens is 1. The molecule has 0 saturated heterocycles. The van der Waals surface area contributed by atoms with Gasteiger partial charge in [-0.15, -0.1) is 23.1 Å². The molecule has 1 N–H and O–H groups in total. The minimum absolute atomic E-state index is 0.265. The van der Waals surface area contributed by atoms with Crippen LogP contribution in [0.25, 0.3) is 0 Å². The molecule has 4 rings (SSSR count). The van der Waals surface area contributed by atoms with Crippen molar-refractivity contribution in [1.29, 1.82) is 0 Å². The van der Waals surface area contributed by atoms with Crippen molar-refractivity contribution in [1.82, 2.24) is 9.97 Å². The highest BCUT2D eigenvalue weighted by atomic mass is 32.2. The van der Waals surface area contributed by atoms with E-state index < -0.39 is 0 Å². The van der Waals surface area contributed by atoms with Gasteiger partial charge in [0.25, 0.3) is 0 Å². The fourth-order valence-corrected chi connectivity index (χ4v) is 4.72. The second-order valence-corrected chi connectivity index (χ2v) is 9.53. The molecule has 0 radical (unpaired) electrons. The van der Waals surface area contributed by atoms with Gasteiger partial charge in [0.15, 0.2) is 16.7 Å². The average molecular weight is 510 g/mol. The predicted octanol–water partition coefficient (Wildman–Crippen LogP) is 6.65. The number of aromatic nitrogens is 2. The molecule has 2 aromatic carbocycles. The molecule has 0 bridgehead atoms. The van der Waals surface area contributed by atoms with Gasteiger partial charge in [0.05, 0.1) is 19.2 Å². The number of carbonyl (C=O) groups is 1. The SMILES string of the molecule is COC(=O)CCSc1cnc(Nc2nc(CCc3ccccc3)cs2)c(Oc2ccc(F)cc2)c1. The zero-order chi connectivity index (χ0) is 24.5. The van der Waals surface area contributed by atoms with Gasteiger partial charge in [-0.1, -0.05) is 30.3 Å². The molecule has 2 aromatic heterocycles. The largest absolute Gasteiger partial charge is 0.469 e. The van der Waals surface area contributed by atoms with Crippen LogP contribution in [-0.2, 0) is 22.4 Å². The third-order valence-corrected chi connectivity index (χ3v) is 6.73. The minimum Gasteiger partial charge on any atom is -0.469 e.